The van der Waals surface area contributed by atoms with Crippen LogP contribution in [-0.2, 0) is 0 Å². The third-order valence-electron chi connectivity index (χ3n) is 2.66. The molecule has 1 fully saturated rings. The monoisotopic (exact) mass is 192 g/mol. The van der Waals surface area contributed by atoms with E-state index in [9.17, 15) is 0 Å². The standard InChI is InChI=1S/C10H16N4/c1-8-4-5-11-10(12-8)14-6-9(7-14)13(2)3/h4-5,9H,6-7H2,1-3H3. The fraction of sp³-hybridized carbons (Fsp3) is 0.600. The number of nitrogens with zero attached hydrogens (tertiary/aromatic N) is 4. The first-order valence-corrected chi connectivity index (χ1v) is 4.88. The molecule has 0 aromatic carbocycles. The molecule has 2 rings (SSSR count). The molecule has 1 aromatic heterocycles. The van der Waals surface area contributed by atoms with Crippen molar-refractivity contribution in [2.24, 2.45) is 0 Å². The van der Waals surface area contributed by atoms with E-state index in [0.29, 0.717) is 6.04 Å². The van der Waals surface area contributed by atoms with E-state index in [4.69, 9.17) is 0 Å². The molecule has 2 heterocycles. The topological polar surface area (TPSA) is 32.3 Å². The Kier molecular flexibility index (Phi) is 2.37. The van der Waals surface area contributed by atoms with Gasteiger partial charge < -0.3 is 9.80 Å². The molecule has 0 unspecified atom stereocenters. The van der Waals surface area contributed by atoms with Gasteiger partial charge in [-0.15, -0.1) is 0 Å². The Morgan fingerprint density at radius 1 is 1.43 bits per heavy atom. The lowest BCUT2D eigenvalue weighted by Gasteiger charge is -2.42. The summed E-state index contributed by atoms with van der Waals surface area (Å²) in [6.45, 7) is 4.07. The van der Waals surface area contributed by atoms with Gasteiger partial charge in [-0.05, 0) is 27.1 Å². The average molecular weight is 192 g/mol. The van der Waals surface area contributed by atoms with Crippen molar-refractivity contribution < 1.29 is 0 Å². The molecule has 0 bridgehead atoms. The van der Waals surface area contributed by atoms with Crippen LogP contribution in [0.3, 0.4) is 0 Å². The first-order chi connectivity index (χ1) is 6.66. The number of hydrogen-bond donors (Lipinski definition) is 0. The molecular formula is C10H16N4. The SMILES string of the molecule is Cc1ccnc(N2CC(N(C)C)C2)n1. The van der Waals surface area contributed by atoms with Crippen LogP contribution in [0.25, 0.3) is 0 Å². The van der Waals surface area contributed by atoms with Crippen LogP contribution in [-0.4, -0.2) is 48.1 Å². The number of aryl methyl sites for hydroxylation is 1. The highest BCUT2D eigenvalue weighted by molar-refractivity contribution is 5.35. The zero-order chi connectivity index (χ0) is 10.1. The van der Waals surface area contributed by atoms with Crippen molar-refractivity contribution in [2.75, 3.05) is 32.1 Å². The summed E-state index contributed by atoms with van der Waals surface area (Å²) in [5, 5.41) is 0. The van der Waals surface area contributed by atoms with Gasteiger partial charge in [-0.2, -0.15) is 0 Å². The van der Waals surface area contributed by atoms with E-state index in [1.54, 1.807) is 0 Å². The van der Waals surface area contributed by atoms with Crippen molar-refractivity contribution in [2.45, 2.75) is 13.0 Å². The number of anilines is 1. The highest BCUT2D eigenvalue weighted by Gasteiger charge is 2.29. The van der Waals surface area contributed by atoms with E-state index in [2.05, 4.69) is 33.9 Å². The van der Waals surface area contributed by atoms with Crippen LogP contribution in [0.5, 0.6) is 0 Å². The molecule has 1 saturated heterocycles. The highest BCUT2D eigenvalue weighted by Crippen LogP contribution is 2.18. The van der Waals surface area contributed by atoms with E-state index >= 15 is 0 Å². The minimum Gasteiger partial charge on any atom is -0.338 e. The predicted octanol–water partition coefficient (Wildman–Crippen LogP) is 0.535. The number of aromatic nitrogens is 2. The Bertz CT molecular complexity index is 318. The lowest BCUT2D eigenvalue weighted by atomic mass is 10.1. The lowest BCUT2D eigenvalue weighted by Crippen LogP contribution is -2.58. The van der Waals surface area contributed by atoms with E-state index in [1.807, 2.05) is 19.2 Å². The zero-order valence-electron chi connectivity index (χ0n) is 8.94. The van der Waals surface area contributed by atoms with E-state index in [-0.39, 0.29) is 0 Å². The van der Waals surface area contributed by atoms with Crippen LogP contribution in [0.15, 0.2) is 12.3 Å². The van der Waals surface area contributed by atoms with Gasteiger partial charge in [-0.3, -0.25) is 0 Å². The number of rotatable bonds is 2. The summed E-state index contributed by atoms with van der Waals surface area (Å²) in [5.41, 5.74) is 1.03. The maximum atomic E-state index is 4.39. The minimum absolute atomic E-state index is 0.652. The molecule has 1 aliphatic rings. The van der Waals surface area contributed by atoms with E-state index in [0.717, 1.165) is 24.7 Å². The molecule has 1 aliphatic heterocycles. The van der Waals surface area contributed by atoms with Crippen molar-refractivity contribution in [1.82, 2.24) is 14.9 Å². The Labute approximate surface area is 84.6 Å². The molecule has 0 N–H and O–H groups in total. The van der Waals surface area contributed by atoms with Gasteiger partial charge in [0.15, 0.2) is 0 Å². The van der Waals surface area contributed by atoms with Crippen LogP contribution in [0, 0.1) is 6.92 Å². The highest BCUT2D eigenvalue weighted by atomic mass is 15.3. The summed E-state index contributed by atoms with van der Waals surface area (Å²) in [4.78, 5) is 13.1. The lowest BCUT2D eigenvalue weighted by molar-refractivity contribution is 0.245. The van der Waals surface area contributed by atoms with Crippen molar-refractivity contribution >= 4 is 5.95 Å². The molecule has 0 saturated carbocycles. The Morgan fingerprint density at radius 2 is 2.14 bits per heavy atom. The maximum absolute atomic E-state index is 4.39. The van der Waals surface area contributed by atoms with Gasteiger partial charge in [-0.1, -0.05) is 0 Å². The third-order valence-corrected chi connectivity index (χ3v) is 2.66. The molecule has 1 aromatic rings. The van der Waals surface area contributed by atoms with Crippen molar-refractivity contribution in [3.05, 3.63) is 18.0 Å². The van der Waals surface area contributed by atoms with E-state index < -0.39 is 0 Å². The van der Waals surface area contributed by atoms with Gasteiger partial charge in [0.2, 0.25) is 5.95 Å². The first kappa shape index (κ1) is 9.40. The van der Waals surface area contributed by atoms with Crippen LogP contribution >= 0.6 is 0 Å². The number of likely N-dealkylation sites (N-methyl/N-ethyl adjacent to an activating group) is 1. The molecular weight excluding hydrogens is 176 g/mol. The second kappa shape index (κ2) is 3.53. The van der Waals surface area contributed by atoms with E-state index in [1.165, 1.54) is 0 Å². The van der Waals surface area contributed by atoms with Crippen LogP contribution in [0.1, 0.15) is 5.69 Å². The minimum atomic E-state index is 0.652. The Hall–Kier alpha value is -1.16. The van der Waals surface area contributed by atoms with Gasteiger partial charge in [0.25, 0.3) is 0 Å². The quantitative estimate of drug-likeness (QED) is 0.684. The molecule has 0 radical (unpaired) electrons. The smallest absolute Gasteiger partial charge is 0.225 e. The van der Waals surface area contributed by atoms with Crippen LogP contribution in [0.4, 0.5) is 5.95 Å². The van der Waals surface area contributed by atoms with Crippen molar-refractivity contribution in [3.8, 4) is 0 Å². The number of hydrogen-bond acceptors (Lipinski definition) is 4. The summed E-state index contributed by atoms with van der Waals surface area (Å²) >= 11 is 0. The molecule has 0 atom stereocenters. The zero-order valence-corrected chi connectivity index (χ0v) is 8.94. The van der Waals surface area contributed by atoms with Gasteiger partial charge in [-0.25, -0.2) is 9.97 Å². The Balaban J connectivity index is 2.00. The summed E-state index contributed by atoms with van der Waals surface area (Å²) in [7, 11) is 4.22. The van der Waals surface area contributed by atoms with Gasteiger partial charge in [0.05, 0.1) is 0 Å². The summed E-state index contributed by atoms with van der Waals surface area (Å²) in [6.07, 6.45) is 1.82. The van der Waals surface area contributed by atoms with Gasteiger partial charge in [0.1, 0.15) is 0 Å². The summed E-state index contributed by atoms with van der Waals surface area (Å²) in [6, 6.07) is 2.58. The summed E-state index contributed by atoms with van der Waals surface area (Å²) < 4.78 is 0. The predicted molar refractivity (Wildman–Crippen MR) is 56.5 cm³/mol. The second-order valence-electron chi connectivity index (χ2n) is 4.02. The second-order valence-corrected chi connectivity index (χ2v) is 4.02. The normalized spacial score (nSPS) is 17.3. The largest absolute Gasteiger partial charge is 0.338 e. The molecule has 0 aliphatic carbocycles. The first-order valence-electron chi connectivity index (χ1n) is 4.88. The van der Waals surface area contributed by atoms with Crippen molar-refractivity contribution in [3.63, 3.8) is 0 Å². The summed E-state index contributed by atoms with van der Waals surface area (Å²) in [5.74, 6) is 0.864. The Morgan fingerprint density at radius 3 is 2.71 bits per heavy atom. The fourth-order valence-electron chi connectivity index (χ4n) is 1.53. The van der Waals surface area contributed by atoms with Crippen LogP contribution in [0.2, 0.25) is 0 Å². The van der Waals surface area contributed by atoms with Gasteiger partial charge in [0, 0.05) is 31.0 Å². The fourth-order valence-corrected chi connectivity index (χ4v) is 1.53. The molecule has 76 valence electrons. The maximum Gasteiger partial charge on any atom is 0.225 e. The molecule has 4 nitrogen and oxygen atoms in total. The molecule has 14 heavy (non-hydrogen) atoms. The molecule has 0 spiro atoms. The van der Waals surface area contributed by atoms with Crippen LogP contribution < -0.4 is 4.90 Å². The van der Waals surface area contributed by atoms with Gasteiger partial charge >= 0.3 is 0 Å². The third kappa shape index (κ3) is 1.70. The van der Waals surface area contributed by atoms with Crippen molar-refractivity contribution in [1.29, 1.82) is 0 Å². The average Bonchev–Trinajstić information content (AvgIpc) is 2.00. The molecule has 4 heteroatoms. The molecule has 0 amide bonds.